The molecule has 0 N–H and O–H groups in total. The third kappa shape index (κ3) is 7.24. The Morgan fingerprint density at radius 3 is 0.800 bits per heavy atom. The van der Waals surface area contributed by atoms with E-state index in [-0.39, 0.29) is 13.4 Å². The van der Waals surface area contributed by atoms with Crippen molar-refractivity contribution in [2.24, 2.45) is 0 Å². The van der Waals surface area contributed by atoms with Gasteiger partial charge in [-0.05, 0) is 200 Å². The van der Waals surface area contributed by atoms with Crippen LogP contribution in [0.15, 0.2) is 279 Å². The molecule has 0 fully saturated rings. The molecule has 19 rings (SSSR count). The van der Waals surface area contributed by atoms with Gasteiger partial charge in [0.25, 0.3) is 13.4 Å². The number of para-hydroxylation sites is 6. The molecule has 422 valence electrons. The highest BCUT2D eigenvalue weighted by Crippen LogP contribution is 2.51. The predicted molar refractivity (Wildman–Crippen MR) is 382 cm³/mol. The van der Waals surface area contributed by atoms with E-state index in [1.165, 1.54) is 121 Å². The van der Waals surface area contributed by atoms with Gasteiger partial charge in [0.15, 0.2) is 0 Å². The van der Waals surface area contributed by atoms with Crippen LogP contribution < -0.4 is 52.4 Å². The lowest BCUT2D eigenvalue weighted by Gasteiger charge is -2.47. The van der Waals surface area contributed by atoms with Gasteiger partial charge in [-0.3, -0.25) is 0 Å². The molecule has 0 unspecified atom stereocenters. The van der Waals surface area contributed by atoms with Crippen LogP contribution in [0, 0.1) is 27.7 Å². The van der Waals surface area contributed by atoms with E-state index >= 15 is 0 Å². The fraction of sp³-hybridized carbons (Fsp3) is 0.0488. The van der Waals surface area contributed by atoms with Crippen molar-refractivity contribution in [1.29, 1.82) is 0 Å². The summed E-state index contributed by atoms with van der Waals surface area (Å²) in [6.45, 7) is 8.55. The molecule has 15 aromatic rings. The second kappa shape index (κ2) is 19.1. The zero-order valence-electron chi connectivity index (χ0n) is 50.4. The van der Waals surface area contributed by atoms with Crippen molar-refractivity contribution in [3.63, 3.8) is 0 Å². The van der Waals surface area contributed by atoms with E-state index in [1.807, 2.05) is 0 Å². The van der Waals surface area contributed by atoms with E-state index in [0.717, 1.165) is 56.9 Å². The highest BCUT2D eigenvalue weighted by atomic mass is 15.2. The average Bonchev–Trinajstić information content (AvgIpc) is 0.803. The summed E-state index contributed by atoms with van der Waals surface area (Å²) in [7, 11) is 0. The third-order valence-corrected chi connectivity index (χ3v) is 19.8. The molecule has 6 nitrogen and oxygen atoms in total. The highest BCUT2D eigenvalue weighted by molar-refractivity contribution is 7.03. The van der Waals surface area contributed by atoms with Gasteiger partial charge in [0.2, 0.25) is 0 Å². The zero-order chi connectivity index (χ0) is 59.6. The summed E-state index contributed by atoms with van der Waals surface area (Å²) in [5.74, 6) is 0. The molecule has 2 aromatic heterocycles. The first kappa shape index (κ1) is 50.9. The maximum atomic E-state index is 2.65. The first-order valence-corrected chi connectivity index (χ1v) is 31.5. The largest absolute Gasteiger partial charge is 0.311 e. The number of nitrogens with zero attached hydrogens (tertiary/aromatic N) is 6. The number of aryl methyl sites for hydroxylation is 4. The molecule has 0 saturated heterocycles. The molecule has 0 atom stereocenters. The number of rotatable bonds is 6. The van der Waals surface area contributed by atoms with Gasteiger partial charge in [-0.1, -0.05) is 162 Å². The molecular formula is C82H58B2N6. The maximum absolute atomic E-state index is 2.65. The lowest BCUT2D eigenvalue weighted by molar-refractivity contribution is 1.15. The van der Waals surface area contributed by atoms with Crippen molar-refractivity contribution in [2.45, 2.75) is 27.7 Å². The molecule has 0 radical (unpaired) electrons. The Kier molecular flexibility index (Phi) is 10.8. The lowest BCUT2D eigenvalue weighted by Crippen LogP contribution is -2.65. The summed E-state index contributed by atoms with van der Waals surface area (Å²) in [5, 5.41) is 5.03. The zero-order valence-corrected chi connectivity index (χ0v) is 50.4. The normalized spacial score (nSPS) is 13.4. The average molecular weight is 1150 g/mol. The molecule has 0 bridgehead atoms. The first-order chi connectivity index (χ1) is 44.3. The van der Waals surface area contributed by atoms with E-state index in [4.69, 9.17) is 0 Å². The SMILES string of the molecule is Cc1ccc2c(c1)c1cc(C)ccc1n2-c1cc2c3c(c1)N(c1ccccc1)c1cc4c(cc1B3c1ccccc1N2c1ccccc1)B1c2ccccc2N(c2ccccc2)c2cc(-n3c5ccc(C)cc5c5cc(C)ccc53)cc(c21)N4c1ccccc1. The Hall–Kier alpha value is -11.2. The number of hydrogen-bond acceptors (Lipinski definition) is 4. The van der Waals surface area contributed by atoms with Crippen LogP contribution in [0.25, 0.3) is 55.0 Å². The van der Waals surface area contributed by atoms with Crippen molar-refractivity contribution < 1.29 is 0 Å². The summed E-state index contributed by atoms with van der Waals surface area (Å²) in [6, 6.07) is 106. The van der Waals surface area contributed by atoms with Crippen molar-refractivity contribution in [2.75, 3.05) is 19.6 Å². The standard InChI is InChI=1S/C82H58B2N6/c1-51-33-37-69-61(41-51)62-42-52(2)34-38-70(62)89(69)59-45-77-81-79(47-59)87(57-25-13-7-14-26-57)75-50-76-68(49-67(75)83(81)65-29-17-19-31-73(65)85(77)55-21-9-5-10-22-55)84-66-30-18-20-32-74(66)86(56-23-11-6-12-24-56)78-46-60(48-80(82(78)84)88(76)58-27-15-8-16-28-58)90-71-39-35-53(3)43-63(71)64-44-54(4)36-40-72(64)90/h5-50H,1-4H3. The highest BCUT2D eigenvalue weighted by Gasteiger charge is 2.49. The monoisotopic (exact) mass is 1150 g/mol. The van der Waals surface area contributed by atoms with Gasteiger partial charge in [0, 0.05) is 89.8 Å². The third-order valence-electron chi connectivity index (χ3n) is 19.8. The topological polar surface area (TPSA) is 22.8 Å². The van der Waals surface area contributed by atoms with E-state index in [2.05, 4.69) is 335 Å². The van der Waals surface area contributed by atoms with Crippen LogP contribution in [0.1, 0.15) is 22.3 Å². The second-order valence-electron chi connectivity index (χ2n) is 25.2. The van der Waals surface area contributed by atoms with E-state index in [0.29, 0.717) is 0 Å². The van der Waals surface area contributed by atoms with Crippen LogP contribution in [0.5, 0.6) is 0 Å². The number of anilines is 12. The van der Waals surface area contributed by atoms with Crippen molar-refractivity contribution in [3.05, 3.63) is 301 Å². The minimum Gasteiger partial charge on any atom is -0.311 e. The molecule has 13 aromatic carbocycles. The first-order valence-electron chi connectivity index (χ1n) is 31.5. The minimum absolute atomic E-state index is 0.139. The summed E-state index contributed by atoms with van der Waals surface area (Å²) in [6.07, 6.45) is 0. The Morgan fingerprint density at radius 1 is 0.211 bits per heavy atom. The molecule has 8 heteroatoms. The Labute approximate surface area is 524 Å². The summed E-state index contributed by atoms with van der Waals surface area (Å²) >= 11 is 0. The number of benzene rings is 13. The van der Waals surface area contributed by atoms with Crippen molar-refractivity contribution >= 4 is 158 Å². The smallest absolute Gasteiger partial charge is 0.252 e. The number of fused-ring (bicyclic) bond motifs is 14. The van der Waals surface area contributed by atoms with Crippen LogP contribution in [0.4, 0.5) is 68.2 Å². The lowest BCUT2D eigenvalue weighted by atomic mass is 9.30. The summed E-state index contributed by atoms with van der Waals surface area (Å²) in [5.41, 5.74) is 33.3. The molecule has 4 aliphatic rings. The van der Waals surface area contributed by atoms with Gasteiger partial charge in [0.05, 0.1) is 33.4 Å². The Bertz CT molecular complexity index is 5060. The molecule has 0 aliphatic carbocycles. The molecule has 90 heavy (non-hydrogen) atoms. The molecule has 0 amide bonds. The predicted octanol–water partition coefficient (Wildman–Crippen LogP) is 17.3. The van der Waals surface area contributed by atoms with Gasteiger partial charge in [-0.15, -0.1) is 0 Å². The van der Waals surface area contributed by atoms with Gasteiger partial charge in [-0.2, -0.15) is 0 Å². The van der Waals surface area contributed by atoms with Crippen LogP contribution >= 0.6 is 0 Å². The van der Waals surface area contributed by atoms with Gasteiger partial charge >= 0.3 is 0 Å². The van der Waals surface area contributed by atoms with E-state index in [9.17, 15) is 0 Å². The van der Waals surface area contributed by atoms with Crippen molar-refractivity contribution in [1.82, 2.24) is 9.13 Å². The van der Waals surface area contributed by atoms with Crippen molar-refractivity contribution in [3.8, 4) is 11.4 Å². The molecule has 4 aliphatic heterocycles. The maximum Gasteiger partial charge on any atom is 0.252 e. The summed E-state index contributed by atoms with van der Waals surface area (Å²) in [4.78, 5) is 10.3. The van der Waals surface area contributed by atoms with E-state index in [1.54, 1.807) is 0 Å². The number of hydrogen-bond donors (Lipinski definition) is 0. The second-order valence-corrected chi connectivity index (χ2v) is 25.2. The minimum atomic E-state index is -0.139. The fourth-order valence-electron chi connectivity index (χ4n) is 16.1. The van der Waals surface area contributed by atoms with E-state index < -0.39 is 0 Å². The summed E-state index contributed by atoms with van der Waals surface area (Å²) < 4.78 is 5.04. The number of aromatic nitrogens is 2. The quantitative estimate of drug-likeness (QED) is 0.155. The van der Waals surface area contributed by atoms with Gasteiger partial charge < -0.3 is 28.7 Å². The Morgan fingerprint density at radius 2 is 0.489 bits per heavy atom. The van der Waals surface area contributed by atoms with Crippen LogP contribution in [-0.2, 0) is 0 Å². The van der Waals surface area contributed by atoms with Crippen LogP contribution in [0.3, 0.4) is 0 Å². The van der Waals surface area contributed by atoms with Crippen LogP contribution in [-0.4, -0.2) is 22.6 Å². The van der Waals surface area contributed by atoms with Gasteiger partial charge in [0.1, 0.15) is 0 Å². The van der Waals surface area contributed by atoms with Gasteiger partial charge in [-0.25, -0.2) is 0 Å². The fourth-order valence-corrected chi connectivity index (χ4v) is 16.1. The van der Waals surface area contributed by atoms with Crippen LogP contribution in [0.2, 0.25) is 0 Å². The molecule has 6 heterocycles. The Balaban J connectivity index is 0.946. The molecule has 0 saturated carbocycles. The molecular weight excluding hydrogens is 1090 g/mol. The molecule has 0 spiro atoms.